The quantitative estimate of drug-likeness (QED) is 0.263. The minimum Gasteiger partial charge on any atom is -0.466 e. The Morgan fingerprint density at radius 3 is 2.29 bits per heavy atom. The fourth-order valence-electron chi connectivity index (χ4n) is 3.24. The summed E-state index contributed by atoms with van der Waals surface area (Å²) in [6.45, 7) is 2.81. The van der Waals surface area contributed by atoms with Crippen LogP contribution in [-0.2, 0) is 23.9 Å². The Morgan fingerprint density at radius 2 is 1.71 bits per heavy atom. The third-order valence-corrected chi connectivity index (χ3v) is 4.52. The van der Waals surface area contributed by atoms with Crippen molar-refractivity contribution in [2.75, 3.05) is 20.3 Å². The predicted molar refractivity (Wildman–Crippen MR) is 105 cm³/mol. The van der Waals surface area contributed by atoms with E-state index in [2.05, 4.69) is 10.2 Å². The van der Waals surface area contributed by atoms with Gasteiger partial charge in [0.1, 0.15) is 0 Å². The third-order valence-electron chi connectivity index (χ3n) is 4.52. The first-order valence-corrected chi connectivity index (χ1v) is 9.13. The van der Waals surface area contributed by atoms with Crippen LogP contribution in [0.5, 0.6) is 0 Å². The van der Waals surface area contributed by atoms with Crippen LogP contribution in [-0.4, -0.2) is 42.3 Å². The molecule has 0 aromatic heterocycles. The number of hydrogen-bond donors (Lipinski definition) is 1. The van der Waals surface area contributed by atoms with Gasteiger partial charge in [-0.3, -0.25) is 10.1 Å². The maximum atomic E-state index is 12.9. The van der Waals surface area contributed by atoms with Gasteiger partial charge in [-0.1, -0.05) is 12.1 Å². The summed E-state index contributed by atoms with van der Waals surface area (Å²) in [5.41, 5.74) is 1.13. The number of dihydropyridines is 1. The lowest BCUT2D eigenvalue weighted by Crippen LogP contribution is -2.32. The van der Waals surface area contributed by atoms with Gasteiger partial charge < -0.3 is 19.6 Å². The number of esters is 2. The molecule has 0 saturated carbocycles. The van der Waals surface area contributed by atoms with Crippen molar-refractivity contribution >= 4 is 17.6 Å². The van der Waals surface area contributed by atoms with Gasteiger partial charge in [-0.15, -0.1) is 10.1 Å². The first kappa shape index (κ1) is 23.3. The van der Waals surface area contributed by atoms with E-state index in [1.165, 1.54) is 25.3 Å². The maximum absolute atomic E-state index is 12.9. The van der Waals surface area contributed by atoms with E-state index in [1.54, 1.807) is 19.9 Å². The van der Waals surface area contributed by atoms with E-state index in [0.717, 1.165) is 0 Å². The lowest BCUT2D eigenvalue weighted by Gasteiger charge is -2.30. The number of allylic oxidation sites excluding steroid dienone is 2. The van der Waals surface area contributed by atoms with E-state index in [4.69, 9.17) is 9.47 Å². The number of nitro benzene ring substituents is 1. The van der Waals surface area contributed by atoms with Crippen molar-refractivity contribution in [1.29, 1.82) is 0 Å². The van der Waals surface area contributed by atoms with Crippen LogP contribution in [0.1, 0.15) is 31.7 Å². The summed E-state index contributed by atoms with van der Waals surface area (Å²) in [6, 6.07) is 5.58. The second-order valence-corrected chi connectivity index (χ2v) is 6.53. The smallest absolute Gasteiger partial charge is 0.336 e. The van der Waals surface area contributed by atoms with Crippen molar-refractivity contribution < 1.29 is 33.9 Å². The summed E-state index contributed by atoms with van der Waals surface area (Å²) >= 11 is 0. The zero-order chi connectivity index (χ0) is 23.1. The van der Waals surface area contributed by atoms with Gasteiger partial charge in [-0.2, -0.15) is 0 Å². The Balaban J connectivity index is 2.41. The molecule has 1 aliphatic heterocycles. The number of methoxy groups -OCH3 is 1. The van der Waals surface area contributed by atoms with Crippen LogP contribution in [0.4, 0.5) is 5.69 Å². The zero-order valence-corrected chi connectivity index (χ0v) is 17.1. The highest BCUT2D eigenvalue weighted by molar-refractivity contribution is 5.99. The van der Waals surface area contributed by atoms with Crippen molar-refractivity contribution in [3.63, 3.8) is 0 Å². The summed E-state index contributed by atoms with van der Waals surface area (Å²) in [4.78, 5) is 50.4. The second-order valence-electron chi connectivity index (χ2n) is 6.53. The molecule has 12 heteroatoms. The number of benzene rings is 1. The standard InChI is InChI=1S/C19H21N3O9/c1-11-15(18(23)29-3)17(13-6-4-7-14(10-13)21(25)26)16(12(2)20-11)19(24)30-8-5-9-31-22(27)28/h4,6-7,10,17,20H,5,8-9H2,1-3H3/t17-/m0/s1. The molecule has 0 aliphatic carbocycles. The van der Waals surface area contributed by atoms with Crippen molar-refractivity contribution in [3.05, 3.63) is 72.6 Å². The monoisotopic (exact) mass is 435 g/mol. The highest BCUT2D eigenvalue weighted by Crippen LogP contribution is 2.40. The summed E-state index contributed by atoms with van der Waals surface area (Å²) < 4.78 is 10.1. The summed E-state index contributed by atoms with van der Waals surface area (Å²) in [5, 5.41) is 23.4. The van der Waals surface area contributed by atoms with Gasteiger partial charge in [-0.05, 0) is 19.4 Å². The Labute approximate surface area is 176 Å². The lowest BCUT2D eigenvalue weighted by molar-refractivity contribution is -0.757. The van der Waals surface area contributed by atoms with Gasteiger partial charge in [0.05, 0.1) is 42.3 Å². The predicted octanol–water partition coefficient (Wildman–Crippen LogP) is 2.14. The van der Waals surface area contributed by atoms with Gasteiger partial charge in [0.25, 0.3) is 10.8 Å². The average Bonchev–Trinajstić information content (AvgIpc) is 2.72. The highest BCUT2D eigenvalue weighted by Gasteiger charge is 2.38. The van der Waals surface area contributed by atoms with E-state index in [0.29, 0.717) is 17.0 Å². The van der Waals surface area contributed by atoms with E-state index >= 15 is 0 Å². The number of carbonyl (C=O) groups excluding carboxylic acids is 2. The number of non-ortho nitro benzene ring substituents is 1. The van der Waals surface area contributed by atoms with Crippen LogP contribution in [0, 0.1) is 20.2 Å². The SMILES string of the molecule is COC(=O)C1=C(C)NC(C)=C(C(=O)OCCCO[N+](=O)[O-])[C@H]1c1cccc([N+](=O)[O-])c1. The first-order chi connectivity index (χ1) is 14.7. The number of carbonyl (C=O) groups is 2. The van der Waals surface area contributed by atoms with E-state index in [1.807, 2.05) is 0 Å². The van der Waals surface area contributed by atoms with Gasteiger partial charge >= 0.3 is 11.9 Å². The van der Waals surface area contributed by atoms with Crippen LogP contribution in [0.3, 0.4) is 0 Å². The molecule has 1 N–H and O–H groups in total. The molecule has 1 aliphatic rings. The van der Waals surface area contributed by atoms with Crippen LogP contribution in [0.2, 0.25) is 0 Å². The minimum atomic E-state index is -0.976. The molecule has 1 aromatic rings. The summed E-state index contributed by atoms with van der Waals surface area (Å²) in [7, 11) is 1.19. The molecule has 1 atom stereocenters. The molecule has 0 fully saturated rings. The summed E-state index contributed by atoms with van der Waals surface area (Å²) in [5.74, 6) is -2.47. The van der Waals surface area contributed by atoms with Gasteiger partial charge in [0.15, 0.2) is 0 Å². The van der Waals surface area contributed by atoms with Crippen molar-refractivity contribution in [3.8, 4) is 0 Å². The normalized spacial score (nSPS) is 15.8. The molecule has 0 saturated heterocycles. The van der Waals surface area contributed by atoms with Crippen LogP contribution in [0.25, 0.3) is 0 Å². The molecule has 12 nitrogen and oxygen atoms in total. The Hall–Kier alpha value is -3.96. The van der Waals surface area contributed by atoms with Crippen LogP contribution in [0.15, 0.2) is 46.8 Å². The number of ether oxygens (including phenoxy) is 2. The van der Waals surface area contributed by atoms with Crippen LogP contribution >= 0.6 is 0 Å². The zero-order valence-electron chi connectivity index (χ0n) is 17.1. The Bertz CT molecular complexity index is 968. The van der Waals surface area contributed by atoms with Gasteiger partial charge in [0.2, 0.25) is 0 Å². The second kappa shape index (κ2) is 10.2. The number of nitrogens with zero attached hydrogens (tertiary/aromatic N) is 2. The largest absolute Gasteiger partial charge is 0.466 e. The average molecular weight is 435 g/mol. The fourth-order valence-corrected chi connectivity index (χ4v) is 3.24. The first-order valence-electron chi connectivity index (χ1n) is 9.13. The van der Waals surface area contributed by atoms with Crippen LogP contribution < -0.4 is 5.32 Å². The third kappa shape index (κ3) is 5.56. The van der Waals surface area contributed by atoms with Gasteiger partial charge in [0, 0.05) is 29.9 Å². The van der Waals surface area contributed by atoms with E-state index < -0.39 is 27.9 Å². The molecule has 0 radical (unpaired) electrons. The molecular formula is C19H21N3O9. The van der Waals surface area contributed by atoms with Crippen molar-refractivity contribution in [2.24, 2.45) is 0 Å². The number of nitro groups is 1. The molecule has 2 rings (SSSR count). The number of rotatable bonds is 9. The molecule has 0 spiro atoms. The molecule has 166 valence electrons. The molecule has 0 bridgehead atoms. The summed E-state index contributed by atoms with van der Waals surface area (Å²) in [6.07, 6.45) is 0.0761. The molecule has 0 unspecified atom stereocenters. The molecular weight excluding hydrogens is 414 g/mol. The van der Waals surface area contributed by atoms with E-state index in [-0.39, 0.29) is 36.5 Å². The van der Waals surface area contributed by atoms with Crippen molar-refractivity contribution in [2.45, 2.75) is 26.2 Å². The number of nitrogens with one attached hydrogen (secondary N) is 1. The van der Waals surface area contributed by atoms with Gasteiger partial charge in [-0.25, -0.2) is 9.59 Å². The lowest BCUT2D eigenvalue weighted by atomic mass is 9.80. The molecule has 1 heterocycles. The maximum Gasteiger partial charge on any atom is 0.336 e. The fraction of sp³-hybridized carbons (Fsp3) is 0.368. The Morgan fingerprint density at radius 1 is 1.06 bits per heavy atom. The highest BCUT2D eigenvalue weighted by atomic mass is 16.9. The minimum absolute atomic E-state index is 0.0710. The van der Waals surface area contributed by atoms with Crippen molar-refractivity contribution in [1.82, 2.24) is 5.32 Å². The topological polar surface area (TPSA) is 160 Å². The van der Waals surface area contributed by atoms with E-state index in [9.17, 15) is 29.8 Å². The Kier molecular flexibility index (Phi) is 7.66. The molecule has 31 heavy (non-hydrogen) atoms. The number of hydrogen-bond acceptors (Lipinski definition) is 10. The molecule has 1 aromatic carbocycles. The molecule has 0 amide bonds.